The van der Waals surface area contributed by atoms with Crippen LogP contribution in [0.5, 0.6) is 0 Å². The minimum atomic E-state index is -3.29. The fraction of sp³-hybridized carbons (Fsp3) is 0.289. The predicted octanol–water partition coefficient (Wildman–Crippen LogP) is 14.8. The standard InChI is InChI=1S/C25H23Cl2N7O.C25H24ClN5O.C24H28ClN5O4S.C23H20ClN5O/c26-18-3-4-19(20(27)11-18)24-22(34-14-21(16-1-2-16)28-13-23(34)31-24)15-32-7-9-33(10-8-32)25(35)17-5-6-29-30-12-17;1-18(32)30-14-12-29(13-15-30)17-23-25(19-5-8-21(26)9-6-19)28-24-10-7-20(16-31(23)24)22-4-2-3-11-27-22;1-34-17-23(31)28-12-10-27(11-13-28)16-21-24(18-3-5-19(25)6-4-18)26-22-8-7-20(15-29(21)22)30-9-2-14-35(30,32)33;24-18-7-4-16(5-8-18)23-20(14-28-12-11-26-22(30)15-28)29-13-17(6-9-21(29)27-23)19-3-1-2-10-25-19/h3-6,11-14,16H,1-2,7-10,15H2;2-11,16H,12-15,17H2,1H3;3-8,15H,2,9-14,16-17H2,1H3;1-10,13H,11-12,14-15H2,(H,26,30). The Morgan fingerprint density at radius 2 is 0.932 bits per heavy atom. The molecule has 35 heteroatoms. The monoisotopic (exact) mass is 1890 g/mol. The Hall–Kier alpha value is -12.2. The van der Waals surface area contributed by atoms with Gasteiger partial charge in [-0.05, 0) is 141 Å². The van der Waals surface area contributed by atoms with Crippen LogP contribution in [0.1, 0.15) is 70.9 Å². The predicted molar refractivity (Wildman–Crippen MR) is 512 cm³/mol. The van der Waals surface area contributed by atoms with Crippen molar-refractivity contribution in [3.05, 3.63) is 285 Å². The van der Waals surface area contributed by atoms with E-state index in [9.17, 15) is 27.6 Å². The van der Waals surface area contributed by atoms with E-state index in [1.54, 1.807) is 31.5 Å². The molecule has 5 saturated heterocycles. The summed E-state index contributed by atoms with van der Waals surface area (Å²) >= 11 is 31.1. The molecule has 0 bridgehead atoms. The van der Waals surface area contributed by atoms with E-state index < -0.39 is 10.0 Å². The van der Waals surface area contributed by atoms with E-state index in [-0.39, 0.29) is 36.0 Å². The van der Waals surface area contributed by atoms with Gasteiger partial charge >= 0.3 is 0 Å². The first-order chi connectivity index (χ1) is 64.2. The van der Waals surface area contributed by atoms with Crippen LogP contribution in [0.25, 0.3) is 90.1 Å². The summed E-state index contributed by atoms with van der Waals surface area (Å²) in [5, 5.41) is 13.7. The maximum atomic E-state index is 12.8. The van der Waals surface area contributed by atoms with Crippen LogP contribution in [-0.2, 0) is 55.3 Å². The summed E-state index contributed by atoms with van der Waals surface area (Å²) in [6.45, 7) is 15.4. The molecule has 0 radical (unpaired) electrons. The molecule has 6 aliphatic rings. The number of fused-ring (bicyclic) bond motifs is 4. The maximum Gasteiger partial charge on any atom is 0.255 e. The first-order valence-electron chi connectivity index (χ1n) is 43.9. The van der Waals surface area contributed by atoms with Gasteiger partial charge in [0.2, 0.25) is 27.7 Å². The zero-order valence-corrected chi connectivity index (χ0v) is 77.3. The molecule has 0 spiro atoms. The minimum absolute atomic E-state index is 0.000250. The molecular formula is C97H95Cl5N22O7S. The fourth-order valence-electron chi connectivity index (χ4n) is 17.3. The lowest BCUT2D eigenvalue weighted by molar-refractivity contribution is -0.137. The fourth-order valence-corrected chi connectivity index (χ4v) is 19.7. The molecule has 29 nitrogen and oxygen atoms in total. The summed E-state index contributed by atoms with van der Waals surface area (Å²) in [5.41, 5.74) is 21.0. The number of methoxy groups -OCH3 is 1. The Kier molecular flexibility index (Phi) is 27.7. The molecule has 6 fully saturated rings. The van der Waals surface area contributed by atoms with Crippen LogP contribution in [0.15, 0.2) is 226 Å². The number of benzene rings is 4. The first-order valence-corrected chi connectivity index (χ1v) is 47.4. The lowest BCUT2D eigenvalue weighted by atomic mass is 10.1. The van der Waals surface area contributed by atoms with Gasteiger partial charge in [0, 0.05) is 235 Å². The quantitative estimate of drug-likeness (QED) is 0.0787. The Morgan fingerprint density at radius 1 is 0.455 bits per heavy atom. The second-order valence-electron chi connectivity index (χ2n) is 33.3. The number of hydrogen-bond acceptors (Lipinski definition) is 20. The second kappa shape index (κ2) is 40.5. The Morgan fingerprint density at radius 3 is 1.40 bits per heavy atom. The summed E-state index contributed by atoms with van der Waals surface area (Å²) in [6, 6.07) is 54.0. The van der Waals surface area contributed by atoms with E-state index >= 15 is 0 Å². The number of carbonyl (C=O) groups excluding carboxylic acids is 4. The zero-order valence-electron chi connectivity index (χ0n) is 72.7. The van der Waals surface area contributed by atoms with E-state index in [0.717, 1.165) is 184 Å². The number of nitrogens with one attached hydrogen (secondary N) is 1. The number of imidazole rings is 4. The molecule has 4 amide bonds. The molecule has 1 saturated carbocycles. The number of anilines is 1. The molecule has 21 rings (SSSR count). The number of aromatic nitrogens is 13. The van der Waals surface area contributed by atoms with E-state index in [4.69, 9.17) is 82.7 Å². The summed E-state index contributed by atoms with van der Waals surface area (Å²) < 4.78 is 40.0. The van der Waals surface area contributed by atoms with Gasteiger partial charge in [0.25, 0.3) is 5.91 Å². The summed E-state index contributed by atoms with van der Waals surface area (Å²) in [7, 11) is -1.76. The molecule has 1 aliphatic carbocycles. The Bertz CT molecular complexity index is 6810. The summed E-state index contributed by atoms with van der Waals surface area (Å²) in [5.74, 6) is 0.889. The van der Waals surface area contributed by atoms with Crippen LogP contribution in [0.2, 0.25) is 25.1 Å². The molecule has 11 aromatic heterocycles. The van der Waals surface area contributed by atoms with Crippen molar-refractivity contribution in [2.24, 2.45) is 0 Å². The molecule has 5 aliphatic heterocycles. The van der Waals surface area contributed by atoms with Crippen LogP contribution >= 0.6 is 58.0 Å². The van der Waals surface area contributed by atoms with Crippen molar-refractivity contribution in [1.82, 2.24) is 102 Å². The van der Waals surface area contributed by atoms with Crippen LogP contribution in [0.4, 0.5) is 5.69 Å². The normalized spacial score (nSPS) is 16.2. The molecule has 132 heavy (non-hydrogen) atoms. The van der Waals surface area contributed by atoms with Gasteiger partial charge in [-0.2, -0.15) is 10.2 Å². The topological polar surface area (TPSA) is 283 Å². The van der Waals surface area contributed by atoms with Crippen LogP contribution in [0, 0.1) is 0 Å². The number of amides is 4. The van der Waals surface area contributed by atoms with Gasteiger partial charge < -0.3 is 33.6 Å². The largest absolute Gasteiger partial charge is 0.375 e. The number of sulfonamides is 1. The van der Waals surface area contributed by atoms with Crippen molar-refractivity contribution >= 4 is 120 Å². The first kappa shape index (κ1) is 90.4. The average Bonchev–Trinajstić information content (AvgIpc) is 1.62. The second-order valence-corrected chi connectivity index (χ2v) is 37.5. The van der Waals surface area contributed by atoms with Gasteiger partial charge in [0.05, 0.1) is 110 Å². The highest BCUT2D eigenvalue weighted by Gasteiger charge is 2.34. The number of pyridine rings is 5. The third kappa shape index (κ3) is 20.8. The molecule has 0 atom stereocenters. The van der Waals surface area contributed by atoms with E-state index in [2.05, 4.69) is 87.9 Å². The molecule has 1 N–H and O–H groups in total. The number of ether oxygens (including phenoxy) is 1. The van der Waals surface area contributed by atoms with Crippen LogP contribution in [-0.4, -0.2) is 253 Å². The third-order valence-electron chi connectivity index (χ3n) is 24.5. The SMILES string of the molecule is CC(=O)N1CCN(Cc2c(-c3ccc(Cl)cc3)nc3ccc(-c4ccccn4)cn23)CC1.COCC(=O)N1CCN(Cc2c(-c3ccc(Cl)cc3)nc3ccc(N4CCCS4(=O)=O)cn23)CC1.O=C(c1ccnnc1)N1CCN(Cc2c(-c3ccc(Cl)cc3Cl)nc3cnc(C4CC4)cn23)CC1.O=C1CN(Cc2c(-c3ccc(Cl)cc3)nc3ccc(-c4ccccn4)cn23)CCN1. The van der Waals surface area contributed by atoms with E-state index in [1.165, 1.54) is 30.5 Å². The minimum Gasteiger partial charge on any atom is -0.375 e. The van der Waals surface area contributed by atoms with E-state index in [1.807, 2.05) is 189 Å². The van der Waals surface area contributed by atoms with Crippen molar-refractivity contribution in [3.8, 4) is 67.5 Å². The van der Waals surface area contributed by atoms with Crippen LogP contribution in [0.3, 0.4) is 0 Å². The Balaban J connectivity index is 0.000000118. The average molecular weight is 1890 g/mol. The van der Waals surface area contributed by atoms with E-state index in [0.29, 0.717) is 114 Å². The number of piperazine rings is 4. The number of carbonyl (C=O) groups is 4. The van der Waals surface area contributed by atoms with Gasteiger partial charge in [0.15, 0.2) is 5.65 Å². The lowest BCUT2D eigenvalue weighted by Crippen LogP contribution is -2.49. The number of rotatable bonds is 19. The highest BCUT2D eigenvalue weighted by atomic mass is 35.5. The van der Waals surface area contributed by atoms with Crippen molar-refractivity contribution in [1.29, 1.82) is 0 Å². The zero-order chi connectivity index (χ0) is 91.1. The van der Waals surface area contributed by atoms with Gasteiger partial charge in [-0.1, -0.05) is 107 Å². The molecule has 15 aromatic rings. The molecule has 4 aromatic carbocycles. The number of nitrogens with zero attached hydrogens (tertiary/aromatic N) is 21. The number of hydrogen-bond donors (Lipinski definition) is 1. The van der Waals surface area contributed by atoms with Gasteiger partial charge in [-0.3, -0.25) is 66.8 Å². The summed E-state index contributed by atoms with van der Waals surface area (Å²) in [4.78, 5) is 96.7. The van der Waals surface area contributed by atoms with Gasteiger partial charge in [-0.25, -0.2) is 28.4 Å². The number of halogens is 5. The van der Waals surface area contributed by atoms with Crippen molar-refractivity contribution in [3.63, 3.8) is 0 Å². The highest BCUT2D eigenvalue weighted by molar-refractivity contribution is 7.93. The van der Waals surface area contributed by atoms with Crippen molar-refractivity contribution in [2.45, 2.75) is 58.3 Å². The molecule has 676 valence electrons. The lowest BCUT2D eigenvalue weighted by Gasteiger charge is -2.34. The molecule has 0 unspecified atom stereocenters. The smallest absolute Gasteiger partial charge is 0.255 e. The Labute approximate surface area is 788 Å². The highest BCUT2D eigenvalue weighted by Crippen LogP contribution is 2.41. The van der Waals surface area contributed by atoms with Crippen LogP contribution < -0.4 is 9.62 Å². The van der Waals surface area contributed by atoms with Gasteiger partial charge in [0.1, 0.15) is 23.5 Å². The third-order valence-corrected chi connectivity index (χ3v) is 27.7. The van der Waals surface area contributed by atoms with Crippen molar-refractivity contribution < 1.29 is 32.3 Å². The maximum absolute atomic E-state index is 12.8. The van der Waals surface area contributed by atoms with Gasteiger partial charge in [-0.15, -0.1) is 0 Å². The van der Waals surface area contributed by atoms with Crippen molar-refractivity contribution in [2.75, 3.05) is 128 Å². The molecular weight excluding hydrogens is 1790 g/mol. The summed E-state index contributed by atoms with van der Waals surface area (Å²) in [6.07, 6.45) is 19.7. The molecule has 16 heterocycles.